The Morgan fingerprint density at radius 2 is 1.97 bits per heavy atom. The van der Waals surface area contributed by atoms with E-state index >= 15 is 0 Å². The van der Waals surface area contributed by atoms with E-state index in [0.717, 1.165) is 18.9 Å². The van der Waals surface area contributed by atoms with Crippen molar-refractivity contribution in [2.24, 2.45) is 5.92 Å². The second-order valence-electron chi connectivity index (χ2n) is 8.70. The van der Waals surface area contributed by atoms with E-state index in [4.69, 9.17) is 0 Å². The fourth-order valence-corrected chi connectivity index (χ4v) is 5.25. The molecule has 3 aliphatic rings. The van der Waals surface area contributed by atoms with Crippen LogP contribution in [0.5, 0.6) is 0 Å². The normalized spacial score (nSPS) is 28.1. The fourth-order valence-electron chi connectivity index (χ4n) is 5.25. The monoisotopic (exact) mass is 416 g/mol. The molecule has 2 amide bonds. The van der Waals surface area contributed by atoms with Crippen LogP contribution in [0.4, 0.5) is 8.78 Å². The summed E-state index contributed by atoms with van der Waals surface area (Å²) in [5.74, 6) is -1.69. The first-order chi connectivity index (χ1) is 14.3. The largest absolute Gasteiger partial charge is 0.330 e. The van der Waals surface area contributed by atoms with Gasteiger partial charge in [-0.3, -0.25) is 14.5 Å². The second-order valence-corrected chi connectivity index (χ2v) is 8.70. The summed E-state index contributed by atoms with van der Waals surface area (Å²) in [6.07, 6.45) is 2.22. The van der Waals surface area contributed by atoms with Gasteiger partial charge in [0.2, 0.25) is 11.8 Å². The highest BCUT2D eigenvalue weighted by Crippen LogP contribution is 2.38. The number of fused-ring (bicyclic) bond motifs is 2. The number of halogens is 2. The Morgan fingerprint density at radius 1 is 1.27 bits per heavy atom. The van der Waals surface area contributed by atoms with Gasteiger partial charge in [0.1, 0.15) is 17.7 Å². The van der Waals surface area contributed by atoms with Crippen LogP contribution in [0, 0.1) is 28.9 Å². The molecule has 30 heavy (non-hydrogen) atoms. The van der Waals surface area contributed by atoms with Gasteiger partial charge in [-0.2, -0.15) is 5.26 Å². The number of carbonyl (C=O) groups is 2. The van der Waals surface area contributed by atoms with Crippen molar-refractivity contribution in [3.8, 4) is 6.07 Å². The zero-order valence-electron chi connectivity index (χ0n) is 17.2. The summed E-state index contributed by atoms with van der Waals surface area (Å²) >= 11 is 0. The molecule has 3 heterocycles. The van der Waals surface area contributed by atoms with Crippen LogP contribution < -0.4 is 0 Å². The molecule has 5 atom stereocenters. The zero-order valence-corrected chi connectivity index (χ0v) is 17.2. The number of carbonyl (C=O) groups excluding carboxylic acids is 2. The summed E-state index contributed by atoms with van der Waals surface area (Å²) in [4.78, 5) is 31.3. The van der Waals surface area contributed by atoms with Crippen LogP contribution in [-0.4, -0.2) is 64.3 Å². The Hall–Kier alpha value is -2.53. The molecule has 0 radical (unpaired) electrons. The van der Waals surface area contributed by atoms with Gasteiger partial charge in [0.25, 0.3) is 0 Å². The van der Waals surface area contributed by atoms with E-state index in [1.165, 1.54) is 12.1 Å². The molecule has 0 saturated carbocycles. The fraction of sp³-hybridized carbons (Fsp3) is 0.591. The van der Waals surface area contributed by atoms with Crippen molar-refractivity contribution >= 4 is 11.8 Å². The third-order valence-electron chi connectivity index (χ3n) is 6.71. The SMILES string of the molecule is C[C@H](c1cc(F)cc(F)c1)N1C(=O)[C@@H]2CC1CN2C[C@H](C)C(=O)N1CCC[C@H]1C#N. The number of hydrogen-bond donors (Lipinski definition) is 0. The summed E-state index contributed by atoms with van der Waals surface area (Å²) in [5, 5.41) is 9.23. The van der Waals surface area contributed by atoms with Crippen LogP contribution in [0.3, 0.4) is 0 Å². The molecule has 1 aromatic carbocycles. The quantitative estimate of drug-likeness (QED) is 0.740. The zero-order chi connectivity index (χ0) is 21.6. The third kappa shape index (κ3) is 3.56. The summed E-state index contributed by atoms with van der Waals surface area (Å²) in [7, 11) is 0. The summed E-state index contributed by atoms with van der Waals surface area (Å²) in [6.45, 7) is 5.36. The van der Waals surface area contributed by atoms with Crippen molar-refractivity contribution < 1.29 is 18.4 Å². The molecule has 6 nitrogen and oxygen atoms in total. The molecule has 160 valence electrons. The average Bonchev–Trinajstić information content (AvgIpc) is 3.40. The topological polar surface area (TPSA) is 67.7 Å². The molecule has 3 aliphatic heterocycles. The Bertz CT molecular complexity index is 881. The Balaban J connectivity index is 1.41. The minimum Gasteiger partial charge on any atom is -0.330 e. The van der Waals surface area contributed by atoms with E-state index in [9.17, 15) is 23.6 Å². The van der Waals surface area contributed by atoms with Gasteiger partial charge < -0.3 is 9.80 Å². The molecule has 0 spiro atoms. The molecule has 4 rings (SSSR count). The second kappa shape index (κ2) is 7.95. The number of amides is 2. The molecule has 0 N–H and O–H groups in total. The van der Waals surface area contributed by atoms with Gasteiger partial charge in [-0.05, 0) is 43.9 Å². The van der Waals surface area contributed by atoms with Crippen LogP contribution in [0.2, 0.25) is 0 Å². The van der Waals surface area contributed by atoms with Gasteiger partial charge in [0.15, 0.2) is 0 Å². The van der Waals surface area contributed by atoms with Gasteiger partial charge in [-0.1, -0.05) is 6.92 Å². The molecule has 2 bridgehead atoms. The maximum Gasteiger partial charge on any atom is 0.240 e. The number of hydrogen-bond acceptors (Lipinski definition) is 4. The van der Waals surface area contributed by atoms with E-state index in [0.29, 0.717) is 31.6 Å². The van der Waals surface area contributed by atoms with Crippen molar-refractivity contribution in [3.63, 3.8) is 0 Å². The lowest BCUT2D eigenvalue weighted by Gasteiger charge is -2.38. The van der Waals surface area contributed by atoms with Crippen molar-refractivity contribution in [2.45, 2.75) is 57.3 Å². The number of rotatable bonds is 5. The van der Waals surface area contributed by atoms with Gasteiger partial charge in [-0.15, -0.1) is 0 Å². The smallest absolute Gasteiger partial charge is 0.240 e. The molecule has 0 aromatic heterocycles. The lowest BCUT2D eigenvalue weighted by Crippen LogP contribution is -2.53. The average molecular weight is 416 g/mol. The number of nitrogens with zero attached hydrogens (tertiary/aromatic N) is 4. The standard InChI is InChI=1S/C22H26F2N4O2/c1-13(21(29)27-5-3-4-18(27)10-25)11-26-12-19-9-20(26)22(30)28(19)14(2)15-6-16(23)8-17(24)7-15/h6-8,13-14,18-20H,3-5,9,11-12H2,1-2H3/t13-,14+,18-,19?,20-/m0/s1. The lowest BCUT2D eigenvalue weighted by molar-refractivity contribution is -0.142. The van der Waals surface area contributed by atoms with Crippen LogP contribution in [0.1, 0.15) is 44.7 Å². The predicted molar refractivity (Wildman–Crippen MR) is 105 cm³/mol. The van der Waals surface area contributed by atoms with Gasteiger partial charge in [0.05, 0.1) is 18.2 Å². The van der Waals surface area contributed by atoms with Crippen LogP contribution in [0.25, 0.3) is 0 Å². The number of nitriles is 1. The maximum absolute atomic E-state index is 13.6. The molecule has 0 aliphatic carbocycles. The Labute approximate surface area is 175 Å². The minimum absolute atomic E-state index is 0.0327. The van der Waals surface area contributed by atoms with Crippen LogP contribution in [-0.2, 0) is 9.59 Å². The highest BCUT2D eigenvalue weighted by Gasteiger charge is 2.51. The molecule has 3 fully saturated rings. The van der Waals surface area contributed by atoms with Gasteiger partial charge in [-0.25, -0.2) is 8.78 Å². The molecular weight excluding hydrogens is 390 g/mol. The highest BCUT2D eigenvalue weighted by molar-refractivity contribution is 5.86. The Kier molecular flexibility index (Phi) is 5.49. The highest BCUT2D eigenvalue weighted by atomic mass is 19.1. The van der Waals surface area contributed by atoms with Gasteiger partial charge >= 0.3 is 0 Å². The van der Waals surface area contributed by atoms with E-state index < -0.39 is 17.7 Å². The van der Waals surface area contributed by atoms with E-state index in [2.05, 4.69) is 6.07 Å². The van der Waals surface area contributed by atoms with Gasteiger partial charge in [0, 0.05) is 37.7 Å². The van der Waals surface area contributed by atoms with Crippen molar-refractivity contribution in [2.75, 3.05) is 19.6 Å². The number of piperazine rings is 1. The van der Waals surface area contributed by atoms with E-state index in [1.54, 1.807) is 16.7 Å². The maximum atomic E-state index is 13.6. The molecule has 8 heteroatoms. The summed E-state index contributed by atoms with van der Waals surface area (Å²) in [5.41, 5.74) is 0.445. The van der Waals surface area contributed by atoms with Crippen molar-refractivity contribution in [3.05, 3.63) is 35.4 Å². The third-order valence-corrected chi connectivity index (χ3v) is 6.71. The first-order valence-electron chi connectivity index (χ1n) is 10.5. The minimum atomic E-state index is -0.653. The van der Waals surface area contributed by atoms with Crippen molar-refractivity contribution in [1.29, 1.82) is 5.26 Å². The van der Waals surface area contributed by atoms with Crippen LogP contribution in [0.15, 0.2) is 18.2 Å². The van der Waals surface area contributed by atoms with E-state index in [-0.39, 0.29) is 35.9 Å². The molecule has 1 unspecified atom stereocenters. The van der Waals surface area contributed by atoms with E-state index in [1.807, 2.05) is 11.8 Å². The van der Waals surface area contributed by atoms with Crippen LogP contribution >= 0.6 is 0 Å². The lowest BCUT2D eigenvalue weighted by atomic mass is 10.0. The van der Waals surface area contributed by atoms with Crippen molar-refractivity contribution in [1.82, 2.24) is 14.7 Å². The molecule has 3 saturated heterocycles. The molecule has 1 aromatic rings. The summed E-state index contributed by atoms with van der Waals surface area (Å²) in [6, 6.07) is 4.45. The number of likely N-dealkylation sites (tertiary alicyclic amines) is 3. The first kappa shape index (κ1) is 20.7. The molecular formula is C22H26F2N4O2. The summed E-state index contributed by atoms with van der Waals surface area (Å²) < 4.78 is 27.2. The first-order valence-corrected chi connectivity index (χ1v) is 10.5. The number of benzene rings is 1. The Morgan fingerprint density at radius 3 is 2.60 bits per heavy atom. The predicted octanol–water partition coefficient (Wildman–Crippen LogP) is 2.46.